The molecule has 20 heavy (non-hydrogen) atoms. The standard InChI is InChI=1S/C12H15NO6S/c1-7(14)13-19-11(16)4-5-20-6-9-8(12(17)18)2-3-10(9)15/h2-3,8-9H,4-6H2,1H3,(H,13,14)(H,17,18)/t8-,9-/m1/s1. The SMILES string of the molecule is CC(=O)NOC(=O)CCSC[C@H]1C(=O)C=C[C@H]1C(=O)O. The summed E-state index contributed by atoms with van der Waals surface area (Å²) in [5, 5.41) is 8.94. The molecule has 2 N–H and O–H groups in total. The van der Waals surface area contributed by atoms with Gasteiger partial charge in [-0.2, -0.15) is 17.2 Å². The Morgan fingerprint density at radius 2 is 2.15 bits per heavy atom. The van der Waals surface area contributed by atoms with Crippen LogP contribution in [0, 0.1) is 11.8 Å². The van der Waals surface area contributed by atoms with E-state index in [0.29, 0.717) is 11.5 Å². The van der Waals surface area contributed by atoms with Gasteiger partial charge in [-0.25, -0.2) is 4.79 Å². The number of carbonyl (C=O) groups is 4. The van der Waals surface area contributed by atoms with Crippen molar-refractivity contribution >= 4 is 35.4 Å². The topological polar surface area (TPSA) is 110 Å². The van der Waals surface area contributed by atoms with Gasteiger partial charge in [0.15, 0.2) is 5.78 Å². The summed E-state index contributed by atoms with van der Waals surface area (Å²) in [6, 6.07) is 0. The molecule has 0 saturated heterocycles. The minimum Gasteiger partial charge on any atom is -0.481 e. The molecule has 0 aromatic carbocycles. The lowest BCUT2D eigenvalue weighted by atomic mass is 9.97. The van der Waals surface area contributed by atoms with E-state index in [-0.39, 0.29) is 12.2 Å². The number of nitrogens with one attached hydrogen (secondary N) is 1. The number of carboxylic acid groups (broad SMARTS) is 1. The van der Waals surface area contributed by atoms with Crippen LogP contribution in [0.4, 0.5) is 0 Å². The molecule has 0 spiro atoms. The molecule has 0 aromatic heterocycles. The Bertz CT molecular complexity index is 447. The third-order valence-corrected chi connectivity index (χ3v) is 3.70. The lowest BCUT2D eigenvalue weighted by molar-refractivity contribution is -0.157. The first-order valence-electron chi connectivity index (χ1n) is 5.90. The number of thioether (sulfide) groups is 1. The number of ketones is 1. The number of rotatable bonds is 6. The maximum Gasteiger partial charge on any atom is 0.333 e. The van der Waals surface area contributed by atoms with Gasteiger partial charge in [-0.15, -0.1) is 0 Å². The van der Waals surface area contributed by atoms with Gasteiger partial charge in [0.05, 0.1) is 12.3 Å². The molecule has 0 heterocycles. The minimum absolute atomic E-state index is 0.0665. The average Bonchev–Trinajstić information content (AvgIpc) is 2.74. The zero-order chi connectivity index (χ0) is 15.1. The van der Waals surface area contributed by atoms with E-state index >= 15 is 0 Å². The predicted molar refractivity (Wildman–Crippen MR) is 70.6 cm³/mol. The maximum absolute atomic E-state index is 11.5. The summed E-state index contributed by atoms with van der Waals surface area (Å²) < 4.78 is 0. The number of carboxylic acids is 1. The van der Waals surface area contributed by atoms with Crippen molar-refractivity contribution in [2.24, 2.45) is 11.8 Å². The molecular weight excluding hydrogens is 286 g/mol. The second-order valence-electron chi connectivity index (χ2n) is 4.19. The van der Waals surface area contributed by atoms with Crippen molar-refractivity contribution in [2.75, 3.05) is 11.5 Å². The third-order valence-electron chi connectivity index (χ3n) is 2.61. The van der Waals surface area contributed by atoms with Crippen LogP contribution in [0.1, 0.15) is 13.3 Å². The van der Waals surface area contributed by atoms with Gasteiger partial charge in [-0.1, -0.05) is 6.08 Å². The highest BCUT2D eigenvalue weighted by Crippen LogP contribution is 2.26. The number of hydrogen-bond donors (Lipinski definition) is 2. The number of amides is 1. The fourth-order valence-electron chi connectivity index (χ4n) is 1.62. The molecule has 0 fully saturated rings. The first kappa shape index (κ1) is 16.2. The lowest BCUT2D eigenvalue weighted by Crippen LogP contribution is -2.26. The molecule has 1 rings (SSSR count). The summed E-state index contributed by atoms with van der Waals surface area (Å²) in [4.78, 5) is 48.5. The van der Waals surface area contributed by atoms with E-state index in [4.69, 9.17) is 5.11 Å². The van der Waals surface area contributed by atoms with E-state index in [1.165, 1.54) is 30.8 Å². The van der Waals surface area contributed by atoms with Gasteiger partial charge in [-0.3, -0.25) is 14.4 Å². The summed E-state index contributed by atoms with van der Waals surface area (Å²) in [6.07, 6.45) is 2.74. The average molecular weight is 301 g/mol. The van der Waals surface area contributed by atoms with E-state index in [1.807, 2.05) is 5.48 Å². The Hall–Kier alpha value is -1.83. The van der Waals surface area contributed by atoms with Gasteiger partial charge in [-0.05, 0) is 6.08 Å². The van der Waals surface area contributed by atoms with Crippen molar-refractivity contribution in [3.63, 3.8) is 0 Å². The largest absolute Gasteiger partial charge is 0.481 e. The highest BCUT2D eigenvalue weighted by Gasteiger charge is 2.34. The maximum atomic E-state index is 11.5. The molecule has 0 aromatic rings. The molecule has 7 nitrogen and oxygen atoms in total. The van der Waals surface area contributed by atoms with Crippen molar-refractivity contribution in [1.29, 1.82) is 0 Å². The molecule has 2 atom stereocenters. The summed E-state index contributed by atoms with van der Waals surface area (Å²) in [7, 11) is 0. The normalized spacial score (nSPS) is 20.8. The molecule has 1 aliphatic rings. The van der Waals surface area contributed by atoms with Gasteiger partial charge in [0.25, 0.3) is 0 Å². The van der Waals surface area contributed by atoms with Crippen molar-refractivity contribution in [3.8, 4) is 0 Å². The third kappa shape index (κ3) is 5.04. The van der Waals surface area contributed by atoms with E-state index in [1.54, 1.807) is 0 Å². The molecule has 0 bridgehead atoms. The van der Waals surface area contributed by atoms with E-state index in [0.717, 1.165) is 0 Å². The quantitative estimate of drug-likeness (QED) is 0.531. The Morgan fingerprint density at radius 3 is 2.75 bits per heavy atom. The highest BCUT2D eigenvalue weighted by atomic mass is 32.2. The van der Waals surface area contributed by atoms with Gasteiger partial charge in [0.2, 0.25) is 5.91 Å². The van der Waals surface area contributed by atoms with Crippen molar-refractivity contribution in [3.05, 3.63) is 12.2 Å². The molecule has 0 unspecified atom stereocenters. The number of hydrogen-bond acceptors (Lipinski definition) is 6. The van der Waals surface area contributed by atoms with E-state index in [9.17, 15) is 19.2 Å². The van der Waals surface area contributed by atoms with Crippen LogP contribution in [0.25, 0.3) is 0 Å². The molecule has 1 amide bonds. The van der Waals surface area contributed by atoms with Crippen molar-refractivity contribution in [2.45, 2.75) is 13.3 Å². The van der Waals surface area contributed by atoms with E-state index in [2.05, 4.69) is 4.84 Å². The Morgan fingerprint density at radius 1 is 1.45 bits per heavy atom. The van der Waals surface area contributed by atoms with Crippen LogP contribution >= 0.6 is 11.8 Å². The molecule has 0 saturated carbocycles. The zero-order valence-electron chi connectivity index (χ0n) is 10.8. The summed E-state index contributed by atoms with van der Waals surface area (Å²) >= 11 is 1.30. The monoisotopic (exact) mass is 301 g/mol. The number of carbonyl (C=O) groups excluding carboxylic acids is 3. The fourth-order valence-corrected chi connectivity index (χ4v) is 2.72. The molecule has 1 aliphatic carbocycles. The van der Waals surface area contributed by atoms with Crippen molar-refractivity contribution in [1.82, 2.24) is 5.48 Å². The van der Waals surface area contributed by atoms with Crippen LogP contribution in [-0.4, -0.2) is 40.2 Å². The van der Waals surface area contributed by atoms with Crippen LogP contribution in [0.5, 0.6) is 0 Å². The highest BCUT2D eigenvalue weighted by molar-refractivity contribution is 7.99. The summed E-state index contributed by atoms with van der Waals surface area (Å²) in [5.74, 6) is -2.94. The molecule has 0 radical (unpaired) electrons. The Balaban J connectivity index is 2.24. The summed E-state index contributed by atoms with van der Waals surface area (Å²) in [5.41, 5.74) is 1.92. The van der Waals surface area contributed by atoms with Crippen LogP contribution < -0.4 is 5.48 Å². The minimum atomic E-state index is -1.03. The van der Waals surface area contributed by atoms with Crippen LogP contribution in [0.2, 0.25) is 0 Å². The fraction of sp³-hybridized carbons (Fsp3) is 0.500. The first-order chi connectivity index (χ1) is 9.41. The van der Waals surface area contributed by atoms with Crippen LogP contribution in [0.15, 0.2) is 12.2 Å². The summed E-state index contributed by atoms with van der Waals surface area (Å²) in [6.45, 7) is 1.22. The van der Waals surface area contributed by atoms with Crippen LogP contribution in [-0.2, 0) is 24.0 Å². The molecule has 110 valence electrons. The lowest BCUT2D eigenvalue weighted by Gasteiger charge is -2.13. The van der Waals surface area contributed by atoms with E-state index < -0.39 is 29.7 Å². The van der Waals surface area contributed by atoms with Gasteiger partial charge < -0.3 is 9.94 Å². The Labute approximate surface area is 119 Å². The number of allylic oxidation sites excluding steroid dienone is 1. The zero-order valence-corrected chi connectivity index (χ0v) is 11.6. The van der Waals surface area contributed by atoms with Gasteiger partial charge in [0.1, 0.15) is 0 Å². The second kappa shape index (κ2) is 7.68. The molecule has 8 heteroatoms. The van der Waals surface area contributed by atoms with Crippen LogP contribution in [0.3, 0.4) is 0 Å². The van der Waals surface area contributed by atoms with Gasteiger partial charge in [0, 0.05) is 24.3 Å². The number of aliphatic carboxylic acids is 1. The number of hydroxylamine groups is 1. The smallest absolute Gasteiger partial charge is 0.333 e. The van der Waals surface area contributed by atoms with Crippen molar-refractivity contribution < 1.29 is 29.1 Å². The Kier molecular flexibility index (Phi) is 6.23. The van der Waals surface area contributed by atoms with Gasteiger partial charge >= 0.3 is 11.9 Å². The first-order valence-corrected chi connectivity index (χ1v) is 7.06. The predicted octanol–water partition coefficient (Wildman–Crippen LogP) is 0.160. The second-order valence-corrected chi connectivity index (χ2v) is 5.34. The molecule has 0 aliphatic heterocycles. The molecular formula is C12H15NO6S.